The molecule has 1 heterocycles. The van der Waals surface area contributed by atoms with Crippen molar-refractivity contribution in [3.63, 3.8) is 0 Å². The van der Waals surface area contributed by atoms with Crippen LogP contribution < -0.4 is 5.32 Å². The Morgan fingerprint density at radius 3 is 2.47 bits per heavy atom. The number of aromatic nitrogens is 4. The Balaban J connectivity index is 1.61. The molecule has 156 valence electrons. The number of nitrogens with zero attached hydrogens (tertiary/aromatic N) is 4. The molecule has 1 atom stereocenters. The lowest BCUT2D eigenvalue weighted by atomic mass is 10.2. The second kappa shape index (κ2) is 9.40. The third-order valence-electron chi connectivity index (χ3n) is 3.96. The third kappa shape index (κ3) is 5.35. The molecule has 0 saturated heterocycles. The first kappa shape index (κ1) is 21.3. The number of esters is 1. The van der Waals surface area contributed by atoms with Gasteiger partial charge >= 0.3 is 5.97 Å². The van der Waals surface area contributed by atoms with E-state index in [0.29, 0.717) is 22.5 Å². The molecule has 3 rings (SSSR count). The Bertz CT molecular complexity index is 1040. The van der Waals surface area contributed by atoms with Crippen LogP contribution in [0.15, 0.2) is 42.5 Å². The monoisotopic (exact) mass is 435 g/mol. The highest BCUT2D eigenvalue weighted by Gasteiger charge is 2.24. The van der Waals surface area contributed by atoms with Gasteiger partial charge in [-0.3, -0.25) is 4.79 Å². The Morgan fingerprint density at radius 2 is 1.83 bits per heavy atom. The van der Waals surface area contributed by atoms with Gasteiger partial charge in [-0.2, -0.15) is 0 Å². The fraction of sp³-hybridized carbons (Fsp3) is 0.211. The topological polar surface area (TPSA) is 99.0 Å². The van der Waals surface area contributed by atoms with Gasteiger partial charge in [0.25, 0.3) is 5.91 Å². The zero-order chi connectivity index (χ0) is 21.7. The molecular weight excluding hydrogens is 420 g/mol. The van der Waals surface area contributed by atoms with Gasteiger partial charge in [-0.15, -0.1) is 15.0 Å². The molecule has 1 N–H and O–H groups in total. The molecule has 2 aromatic carbocycles. The first-order valence-corrected chi connectivity index (χ1v) is 9.21. The molecule has 8 nitrogen and oxygen atoms in total. The number of nitrogens with one attached hydrogen (secondary N) is 1. The Morgan fingerprint density at radius 1 is 1.17 bits per heavy atom. The highest BCUT2D eigenvalue weighted by atomic mass is 35.5. The number of carbonyl (C=O) groups is 2. The lowest BCUT2D eigenvalue weighted by Crippen LogP contribution is -2.27. The standard InChI is InChI=1S/C19H16ClF2N5O3/c1-2-16(27-25-18(24-26-27)11-3-5-12(20)6-4-11)19(29)30-10-17(28)23-15-8-13(21)7-14(22)9-15/h3-9,16H,2,10H2,1H3,(H,23,28). The van der Waals surface area contributed by atoms with Crippen molar-refractivity contribution in [3.05, 3.63) is 59.1 Å². The molecule has 0 fully saturated rings. The molecule has 0 aliphatic carbocycles. The van der Waals surface area contributed by atoms with Crippen LogP contribution in [0.1, 0.15) is 19.4 Å². The van der Waals surface area contributed by atoms with Gasteiger partial charge in [-0.05, 0) is 48.0 Å². The Kier molecular flexibility index (Phi) is 6.68. The Labute approximate surface area is 174 Å². The molecule has 1 amide bonds. The molecule has 3 aromatic rings. The van der Waals surface area contributed by atoms with E-state index in [9.17, 15) is 18.4 Å². The quantitative estimate of drug-likeness (QED) is 0.571. The maximum Gasteiger partial charge on any atom is 0.333 e. The van der Waals surface area contributed by atoms with Crippen LogP contribution >= 0.6 is 11.6 Å². The molecule has 30 heavy (non-hydrogen) atoms. The summed E-state index contributed by atoms with van der Waals surface area (Å²) in [6.45, 7) is 1.07. The van der Waals surface area contributed by atoms with E-state index >= 15 is 0 Å². The van der Waals surface area contributed by atoms with Crippen molar-refractivity contribution in [2.45, 2.75) is 19.4 Å². The summed E-state index contributed by atoms with van der Waals surface area (Å²) in [5.41, 5.74) is 0.571. The first-order chi connectivity index (χ1) is 14.4. The summed E-state index contributed by atoms with van der Waals surface area (Å²) in [7, 11) is 0. The number of tetrazole rings is 1. The van der Waals surface area contributed by atoms with Crippen LogP contribution in [0.3, 0.4) is 0 Å². The number of ether oxygens (including phenoxy) is 1. The summed E-state index contributed by atoms with van der Waals surface area (Å²) >= 11 is 5.85. The van der Waals surface area contributed by atoms with Crippen LogP contribution in [0.4, 0.5) is 14.5 Å². The van der Waals surface area contributed by atoms with Crippen LogP contribution in [0.25, 0.3) is 11.4 Å². The SMILES string of the molecule is CCC(C(=O)OCC(=O)Nc1cc(F)cc(F)c1)n1nnc(-c2ccc(Cl)cc2)n1. The summed E-state index contributed by atoms with van der Waals surface area (Å²) in [5.74, 6) is -2.90. The molecule has 0 radical (unpaired) electrons. The predicted molar refractivity (Wildman–Crippen MR) is 104 cm³/mol. The van der Waals surface area contributed by atoms with Crippen LogP contribution in [-0.2, 0) is 14.3 Å². The second-order valence-electron chi connectivity index (χ2n) is 6.18. The minimum Gasteiger partial charge on any atom is -0.454 e. The van der Waals surface area contributed by atoms with Crippen LogP contribution in [0.5, 0.6) is 0 Å². The lowest BCUT2D eigenvalue weighted by Gasteiger charge is -2.12. The number of halogens is 3. The summed E-state index contributed by atoms with van der Waals surface area (Å²) in [6, 6.07) is 8.41. The maximum absolute atomic E-state index is 13.2. The van der Waals surface area contributed by atoms with Crippen molar-refractivity contribution in [1.82, 2.24) is 20.2 Å². The smallest absolute Gasteiger partial charge is 0.333 e. The first-order valence-electron chi connectivity index (χ1n) is 8.83. The van der Waals surface area contributed by atoms with Crippen LogP contribution in [0, 0.1) is 11.6 Å². The van der Waals surface area contributed by atoms with E-state index in [1.54, 1.807) is 31.2 Å². The van der Waals surface area contributed by atoms with E-state index in [1.807, 2.05) is 0 Å². The fourth-order valence-corrected chi connectivity index (χ4v) is 2.68. The molecule has 0 bridgehead atoms. The number of rotatable bonds is 7. The highest BCUT2D eigenvalue weighted by molar-refractivity contribution is 6.30. The van der Waals surface area contributed by atoms with Gasteiger partial charge in [0.15, 0.2) is 12.6 Å². The van der Waals surface area contributed by atoms with E-state index in [4.69, 9.17) is 16.3 Å². The minimum absolute atomic E-state index is 0.0915. The van der Waals surface area contributed by atoms with Crippen LogP contribution in [-0.4, -0.2) is 38.7 Å². The van der Waals surface area contributed by atoms with Crippen molar-refractivity contribution >= 4 is 29.2 Å². The lowest BCUT2D eigenvalue weighted by molar-refractivity contribution is -0.151. The molecule has 0 aliphatic heterocycles. The van der Waals surface area contributed by atoms with Gasteiger partial charge in [0.2, 0.25) is 5.82 Å². The summed E-state index contributed by atoms with van der Waals surface area (Å²) in [5, 5.41) is 14.8. The van der Waals surface area contributed by atoms with Crippen LogP contribution in [0.2, 0.25) is 5.02 Å². The average molecular weight is 436 g/mol. The molecule has 0 saturated carbocycles. The largest absolute Gasteiger partial charge is 0.454 e. The molecule has 1 aromatic heterocycles. The highest BCUT2D eigenvalue weighted by Crippen LogP contribution is 2.19. The van der Waals surface area contributed by atoms with E-state index in [-0.39, 0.29) is 12.1 Å². The summed E-state index contributed by atoms with van der Waals surface area (Å²) in [4.78, 5) is 25.4. The van der Waals surface area contributed by atoms with Gasteiger partial charge in [-0.1, -0.05) is 18.5 Å². The molecule has 1 unspecified atom stereocenters. The summed E-state index contributed by atoms with van der Waals surface area (Å²) in [6.07, 6.45) is 0.284. The van der Waals surface area contributed by atoms with Crippen molar-refractivity contribution in [1.29, 1.82) is 0 Å². The minimum atomic E-state index is -0.905. The average Bonchev–Trinajstić information content (AvgIpc) is 3.16. The predicted octanol–water partition coefficient (Wildman–Crippen LogP) is 3.40. The van der Waals surface area contributed by atoms with Crippen molar-refractivity contribution in [2.75, 3.05) is 11.9 Å². The molecular formula is C19H16ClF2N5O3. The number of hydrogen-bond acceptors (Lipinski definition) is 6. The zero-order valence-corrected chi connectivity index (χ0v) is 16.4. The van der Waals surface area contributed by atoms with E-state index in [1.165, 1.54) is 0 Å². The zero-order valence-electron chi connectivity index (χ0n) is 15.7. The number of benzene rings is 2. The van der Waals surface area contributed by atoms with Crippen molar-refractivity contribution in [3.8, 4) is 11.4 Å². The molecule has 11 heteroatoms. The molecule has 0 spiro atoms. The van der Waals surface area contributed by atoms with Crippen molar-refractivity contribution in [2.24, 2.45) is 0 Å². The fourth-order valence-electron chi connectivity index (χ4n) is 2.55. The third-order valence-corrected chi connectivity index (χ3v) is 4.21. The van der Waals surface area contributed by atoms with E-state index in [0.717, 1.165) is 16.9 Å². The number of hydrogen-bond donors (Lipinski definition) is 1. The normalized spacial score (nSPS) is 11.7. The number of carbonyl (C=O) groups excluding carboxylic acids is 2. The molecule has 0 aliphatic rings. The maximum atomic E-state index is 13.2. The van der Waals surface area contributed by atoms with E-state index in [2.05, 4.69) is 20.7 Å². The summed E-state index contributed by atoms with van der Waals surface area (Å²) < 4.78 is 31.3. The van der Waals surface area contributed by atoms with Gasteiger partial charge in [-0.25, -0.2) is 13.6 Å². The van der Waals surface area contributed by atoms with E-state index < -0.39 is 36.2 Å². The van der Waals surface area contributed by atoms with Gasteiger partial charge in [0.1, 0.15) is 11.6 Å². The number of amides is 1. The number of anilines is 1. The van der Waals surface area contributed by atoms with Crippen molar-refractivity contribution < 1.29 is 23.1 Å². The Hall–Kier alpha value is -3.40. The van der Waals surface area contributed by atoms with Gasteiger partial charge < -0.3 is 10.1 Å². The van der Waals surface area contributed by atoms with Gasteiger partial charge in [0, 0.05) is 22.3 Å². The van der Waals surface area contributed by atoms with Gasteiger partial charge in [0.05, 0.1) is 0 Å². The second-order valence-corrected chi connectivity index (χ2v) is 6.61.